The van der Waals surface area contributed by atoms with Crippen molar-refractivity contribution in [3.8, 4) is 5.75 Å². The summed E-state index contributed by atoms with van der Waals surface area (Å²) in [5.74, 6) is -0.423. The highest BCUT2D eigenvalue weighted by Crippen LogP contribution is 2.40. The third kappa shape index (κ3) is 4.52. The molecule has 2 heterocycles. The van der Waals surface area contributed by atoms with Gasteiger partial charge in [0.1, 0.15) is 18.5 Å². The number of Topliss-reactive ketones (excluding diaryl/α,β-unsaturated/α-hetero) is 1. The van der Waals surface area contributed by atoms with Gasteiger partial charge in [0.15, 0.2) is 5.78 Å². The normalized spacial score (nSPS) is 21.0. The Labute approximate surface area is 184 Å². The Balaban J connectivity index is 1.50. The van der Waals surface area contributed by atoms with Crippen molar-refractivity contribution in [1.82, 2.24) is 9.55 Å². The van der Waals surface area contributed by atoms with Crippen LogP contribution in [0.25, 0.3) is 0 Å². The fraction of sp³-hybridized carbons (Fsp3) is 0.273. The first-order chi connectivity index (χ1) is 14.4. The highest BCUT2D eigenvalue weighted by Gasteiger charge is 2.45. The lowest BCUT2D eigenvalue weighted by molar-refractivity contribution is -0.189. The van der Waals surface area contributed by atoms with E-state index in [-0.39, 0.29) is 18.5 Å². The molecule has 0 bridgehead atoms. The Kier molecular flexibility index (Phi) is 6.11. The van der Waals surface area contributed by atoms with Gasteiger partial charge in [-0.25, -0.2) is 4.98 Å². The molecule has 0 unspecified atom stereocenters. The van der Waals surface area contributed by atoms with Crippen molar-refractivity contribution in [2.24, 2.45) is 0 Å². The number of rotatable bonds is 7. The van der Waals surface area contributed by atoms with Crippen molar-refractivity contribution < 1.29 is 19.0 Å². The summed E-state index contributed by atoms with van der Waals surface area (Å²) in [5, 5.41) is 0.998. The molecule has 0 amide bonds. The van der Waals surface area contributed by atoms with Gasteiger partial charge >= 0.3 is 0 Å². The Hall–Kier alpha value is -2.38. The minimum absolute atomic E-state index is 0.0122. The number of halogens is 2. The van der Waals surface area contributed by atoms with Gasteiger partial charge in [-0.05, 0) is 43.3 Å². The van der Waals surface area contributed by atoms with E-state index in [9.17, 15) is 4.79 Å². The molecule has 0 N–H and O–H groups in total. The Morgan fingerprint density at radius 2 is 2.07 bits per heavy atom. The van der Waals surface area contributed by atoms with E-state index in [1.165, 1.54) is 6.92 Å². The largest absolute Gasteiger partial charge is 0.491 e. The number of ketones is 1. The van der Waals surface area contributed by atoms with Crippen LogP contribution in [0, 0.1) is 0 Å². The van der Waals surface area contributed by atoms with Crippen LogP contribution in [0.3, 0.4) is 0 Å². The minimum atomic E-state index is -1.09. The van der Waals surface area contributed by atoms with Gasteiger partial charge in [-0.15, -0.1) is 0 Å². The van der Waals surface area contributed by atoms with Crippen LogP contribution in [0.1, 0.15) is 22.8 Å². The van der Waals surface area contributed by atoms with Crippen LogP contribution in [0.15, 0.2) is 61.2 Å². The van der Waals surface area contributed by atoms with E-state index in [0.717, 1.165) is 0 Å². The molecule has 1 saturated heterocycles. The van der Waals surface area contributed by atoms with Crippen LogP contribution >= 0.6 is 23.2 Å². The predicted octanol–water partition coefficient (Wildman–Crippen LogP) is 4.74. The number of ether oxygens (including phenoxy) is 3. The van der Waals surface area contributed by atoms with Crippen molar-refractivity contribution >= 4 is 29.0 Å². The van der Waals surface area contributed by atoms with E-state index in [2.05, 4.69) is 4.98 Å². The number of imidazole rings is 1. The smallest absolute Gasteiger partial charge is 0.215 e. The molecule has 8 heteroatoms. The first-order valence-corrected chi connectivity index (χ1v) is 10.2. The van der Waals surface area contributed by atoms with Crippen molar-refractivity contribution in [3.05, 3.63) is 82.4 Å². The minimum Gasteiger partial charge on any atom is -0.491 e. The lowest BCUT2D eigenvalue weighted by atomic mass is 10.1. The zero-order chi connectivity index (χ0) is 21.1. The van der Waals surface area contributed by atoms with Crippen LogP contribution in [0.2, 0.25) is 10.0 Å². The second kappa shape index (κ2) is 8.78. The Morgan fingerprint density at radius 3 is 2.73 bits per heavy atom. The molecule has 0 aliphatic carbocycles. The number of aromatic nitrogens is 2. The molecule has 1 aliphatic heterocycles. The molecule has 2 atom stereocenters. The zero-order valence-electron chi connectivity index (χ0n) is 16.3. The lowest BCUT2D eigenvalue weighted by Crippen LogP contribution is -2.34. The van der Waals surface area contributed by atoms with Crippen LogP contribution in [-0.2, 0) is 21.8 Å². The molecule has 3 aromatic rings. The monoisotopic (exact) mass is 446 g/mol. The molecular formula is C22H20Cl2N2O4. The number of carbonyl (C=O) groups excluding carboxylic acids is 1. The molecule has 1 aliphatic rings. The van der Waals surface area contributed by atoms with Crippen LogP contribution in [0.5, 0.6) is 5.75 Å². The molecule has 1 fully saturated rings. The first-order valence-electron chi connectivity index (χ1n) is 9.42. The van der Waals surface area contributed by atoms with Crippen LogP contribution < -0.4 is 4.74 Å². The van der Waals surface area contributed by atoms with E-state index in [1.54, 1.807) is 48.9 Å². The molecule has 156 valence electrons. The molecule has 0 radical (unpaired) electrons. The number of benzene rings is 2. The van der Waals surface area contributed by atoms with Crippen molar-refractivity contribution in [2.75, 3.05) is 13.2 Å². The summed E-state index contributed by atoms with van der Waals surface area (Å²) in [6.45, 7) is 2.52. The molecule has 1 aromatic heterocycles. The lowest BCUT2D eigenvalue weighted by Gasteiger charge is -2.30. The molecular weight excluding hydrogens is 427 g/mol. The molecule has 0 spiro atoms. The average Bonchev–Trinajstić information content (AvgIpc) is 3.37. The van der Waals surface area contributed by atoms with Crippen molar-refractivity contribution in [1.29, 1.82) is 0 Å². The first kappa shape index (κ1) is 20.9. The van der Waals surface area contributed by atoms with E-state index in [0.29, 0.717) is 40.1 Å². The highest BCUT2D eigenvalue weighted by molar-refractivity contribution is 6.35. The Morgan fingerprint density at radius 1 is 1.27 bits per heavy atom. The van der Waals surface area contributed by atoms with Gasteiger partial charge in [0.05, 0.1) is 24.5 Å². The maximum atomic E-state index is 11.4. The van der Waals surface area contributed by atoms with Gasteiger partial charge in [-0.1, -0.05) is 29.3 Å². The number of carbonyl (C=O) groups is 1. The fourth-order valence-electron chi connectivity index (χ4n) is 3.35. The number of hydrogen-bond donors (Lipinski definition) is 0. The summed E-state index contributed by atoms with van der Waals surface area (Å²) >= 11 is 12.5. The van der Waals surface area contributed by atoms with Gasteiger partial charge in [0.2, 0.25) is 5.79 Å². The second-order valence-corrected chi connectivity index (χ2v) is 7.90. The van der Waals surface area contributed by atoms with E-state index in [4.69, 9.17) is 37.4 Å². The second-order valence-electron chi connectivity index (χ2n) is 7.05. The third-order valence-electron chi connectivity index (χ3n) is 4.85. The zero-order valence-corrected chi connectivity index (χ0v) is 17.8. The standard InChI is InChI=1S/C22H20Cl2N2O4/c1-15(27)16-2-5-18(6-3-16)28-11-19-12-29-22(30-19,13-26-9-8-25-14-26)20-7-4-17(23)10-21(20)24/h2-10,14,19H,11-13H2,1H3/t19-,22-/m1/s1. The van der Waals surface area contributed by atoms with Crippen LogP contribution in [0.4, 0.5) is 0 Å². The quantitative estimate of drug-likeness (QED) is 0.490. The number of nitrogens with zero attached hydrogens (tertiary/aromatic N) is 2. The van der Waals surface area contributed by atoms with Crippen molar-refractivity contribution in [2.45, 2.75) is 25.4 Å². The van der Waals surface area contributed by atoms with Crippen molar-refractivity contribution in [3.63, 3.8) is 0 Å². The molecule has 30 heavy (non-hydrogen) atoms. The average molecular weight is 447 g/mol. The molecule has 2 aromatic carbocycles. The summed E-state index contributed by atoms with van der Waals surface area (Å²) < 4.78 is 20.2. The Bertz CT molecular complexity index is 1020. The molecule has 4 rings (SSSR count). The fourth-order valence-corrected chi connectivity index (χ4v) is 3.90. The SMILES string of the molecule is CC(=O)c1ccc(OC[C@@H]2CO[C@@](Cn3ccnc3)(c3ccc(Cl)cc3Cl)O2)cc1. The van der Waals surface area contributed by atoms with Crippen LogP contribution in [-0.4, -0.2) is 34.7 Å². The maximum absolute atomic E-state index is 11.4. The summed E-state index contributed by atoms with van der Waals surface area (Å²) in [5.41, 5.74) is 1.33. The van der Waals surface area contributed by atoms with Gasteiger partial charge in [-0.3, -0.25) is 4.79 Å². The number of hydrogen-bond acceptors (Lipinski definition) is 5. The highest BCUT2D eigenvalue weighted by atomic mass is 35.5. The summed E-state index contributed by atoms with van der Waals surface area (Å²) in [7, 11) is 0. The maximum Gasteiger partial charge on any atom is 0.215 e. The van der Waals surface area contributed by atoms with E-state index in [1.807, 2.05) is 16.8 Å². The summed E-state index contributed by atoms with van der Waals surface area (Å²) in [4.78, 5) is 15.5. The van der Waals surface area contributed by atoms with Gasteiger partial charge < -0.3 is 18.8 Å². The third-order valence-corrected chi connectivity index (χ3v) is 5.40. The van der Waals surface area contributed by atoms with E-state index >= 15 is 0 Å². The van der Waals surface area contributed by atoms with Gasteiger partial charge in [0, 0.05) is 28.5 Å². The molecule has 6 nitrogen and oxygen atoms in total. The van der Waals surface area contributed by atoms with Gasteiger partial charge in [-0.2, -0.15) is 0 Å². The topological polar surface area (TPSA) is 62.6 Å². The summed E-state index contributed by atoms with van der Waals surface area (Å²) in [6.07, 6.45) is 4.90. The summed E-state index contributed by atoms with van der Waals surface area (Å²) in [6, 6.07) is 12.2. The van der Waals surface area contributed by atoms with E-state index < -0.39 is 5.79 Å². The predicted molar refractivity (Wildman–Crippen MR) is 113 cm³/mol. The van der Waals surface area contributed by atoms with Gasteiger partial charge in [0.25, 0.3) is 0 Å². The molecule has 0 saturated carbocycles.